The van der Waals surface area contributed by atoms with Crippen LogP contribution in [-0.4, -0.2) is 6.61 Å². The van der Waals surface area contributed by atoms with Crippen molar-refractivity contribution in [2.75, 3.05) is 6.61 Å². The first-order valence-corrected chi connectivity index (χ1v) is 20.6. The maximum absolute atomic E-state index is 6.72. The molecule has 52 heavy (non-hydrogen) atoms. The third kappa shape index (κ3) is 5.48. The Bertz CT molecular complexity index is 2120. The Kier molecular flexibility index (Phi) is 9.44. The Hall–Kier alpha value is -4.10. The Morgan fingerprint density at radius 1 is 0.615 bits per heavy atom. The van der Waals surface area contributed by atoms with Crippen molar-refractivity contribution in [3.8, 4) is 28.0 Å². The number of fused-ring (bicyclic) bond motifs is 11. The molecule has 0 N–H and O–H groups in total. The first kappa shape index (κ1) is 35.0. The number of hydrogen-bond acceptors (Lipinski definition) is 1. The van der Waals surface area contributed by atoms with Crippen LogP contribution in [0.4, 0.5) is 0 Å². The molecule has 0 fully saturated rings. The van der Waals surface area contributed by atoms with Gasteiger partial charge in [-0.15, -0.1) is 0 Å². The summed E-state index contributed by atoms with van der Waals surface area (Å²) in [5.74, 6) is 2.48. The minimum atomic E-state index is -0.155. The van der Waals surface area contributed by atoms with E-state index in [2.05, 4.69) is 139 Å². The van der Waals surface area contributed by atoms with E-state index in [1.54, 1.807) is 11.1 Å². The number of unbranched alkanes of at least 4 members (excludes halogenated alkanes) is 2. The van der Waals surface area contributed by atoms with Gasteiger partial charge in [0.1, 0.15) is 12.4 Å². The van der Waals surface area contributed by atoms with Gasteiger partial charge in [-0.3, -0.25) is 0 Å². The molecular weight excluding hydrogens is 629 g/mol. The zero-order chi connectivity index (χ0) is 36.0. The molecule has 2 unspecified atom stereocenters. The Morgan fingerprint density at radius 2 is 1.21 bits per heavy atom. The van der Waals surface area contributed by atoms with Gasteiger partial charge < -0.3 is 4.74 Å². The van der Waals surface area contributed by atoms with Crippen molar-refractivity contribution in [1.29, 1.82) is 0 Å². The molecule has 0 saturated heterocycles. The van der Waals surface area contributed by atoms with Crippen LogP contribution in [0, 0.1) is 11.8 Å². The van der Waals surface area contributed by atoms with Gasteiger partial charge in [-0.2, -0.15) is 0 Å². The fourth-order valence-electron chi connectivity index (χ4n) is 10.7. The van der Waals surface area contributed by atoms with Crippen molar-refractivity contribution >= 4 is 16.3 Å². The van der Waals surface area contributed by atoms with Crippen LogP contribution in [0.2, 0.25) is 0 Å². The van der Waals surface area contributed by atoms with Crippen LogP contribution < -0.4 is 4.74 Å². The summed E-state index contributed by atoms with van der Waals surface area (Å²) in [7, 11) is 0. The molecule has 268 valence electrons. The SMILES string of the molecule is CCCCC(CC)CC1(CC(CC)CCCC)c2ccccc2-c2ccc(C3=CCOc4c3c3c(c5ccccc45)-c4ccccc4C3(C)C)cc21. The maximum atomic E-state index is 6.72. The van der Waals surface area contributed by atoms with Crippen molar-refractivity contribution in [2.24, 2.45) is 11.8 Å². The van der Waals surface area contributed by atoms with Crippen LogP contribution in [0.5, 0.6) is 5.75 Å². The van der Waals surface area contributed by atoms with E-state index in [4.69, 9.17) is 4.74 Å². The molecule has 0 spiro atoms. The molecule has 5 aromatic rings. The van der Waals surface area contributed by atoms with Crippen molar-refractivity contribution in [3.63, 3.8) is 0 Å². The predicted octanol–water partition coefficient (Wildman–Crippen LogP) is 14.4. The largest absolute Gasteiger partial charge is 0.488 e. The van der Waals surface area contributed by atoms with E-state index in [-0.39, 0.29) is 10.8 Å². The van der Waals surface area contributed by atoms with E-state index in [1.165, 1.54) is 125 Å². The Morgan fingerprint density at radius 3 is 1.88 bits per heavy atom. The standard InChI is InChI=1S/C51H58O/c1-7-11-19-34(9-3)32-51(33-35(10-4)20-12-8-2)44-26-18-15-21-38(44)39-28-27-36(31-45(39)51)37-29-30-52-49-41-23-14-13-22-40(41)46-42-24-16-17-25-43(42)50(5,6)48(46)47(37)49/h13-18,21-29,31,34-35H,7-12,19-20,30,32-33H2,1-6H3. The maximum Gasteiger partial charge on any atom is 0.135 e. The second-order valence-electron chi connectivity index (χ2n) is 16.7. The average Bonchev–Trinajstić information content (AvgIpc) is 3.59. The van der Waals surface area contributed by atoms with Gasteiger partial charge in [0.2, 0.25) is 0 Å². The van der Waals surface area contributed by atoms with Gasteiger partial charge in [0.05, 0.1) is 0 Å². The highest BCUT2D eigenvalue weighted by Crippen LogP contribution is 2.60. The van der Waals surface area contributed by atoms with E-state index in [0.717, 1.165) is 5.75 Å². The topological polar surface area (TPSA) is 9.23 Å². The van der Waals surface area contributed by atoms with Crippen LogP contribution in [0.3, 0.4) is 0 Å². The number of rotatable bonds is 13. The molecule has 1 heterocycles. The summed E-state index contributed by atoms with van der Waals surface area (Å²) in [6, 6.07) is 35.1. The van der Waals surface area contributed by atoms with Gasteiger partial charge in [-0.1, -0.05) is 178 Å². The summed E-state index contributed by atoms with van der Waals surface area (Å²) >= 11 is 0. The zero-order valence-corrected chi connectivity index (χ0v) is 32.6. The molecule has 0 bridgehead atoms. The molecule has 0 aromatic heterocycles. The van der Waals surface area contributed by atoms with Crippen LogP contribution in [0.25, 0.3) is 38.6 Å². The highest BCUT2D eigenvalue weighted by atomic mass is 16.5. The van der Waals surface area contributed by atoms with E-state index >= 15 is 0 Å². The smallest absolute Gasteiger partial charge is 0.135 e. The Labute approximate surface area is 313 Å². The lowest BCUT2D eigenvalue weighted by molar-refractivity contribution is 0.266. The average molecular weight is 687 g/mol. The highest BCUT2D eigenvalue weighted by Gasteiger charge is 2.46. The summed E-state index contributed by atoms with van der Waals surface area (Å²) in [4.78, 5) is 0. The molecule has 2 aliphatic carbocycles. The van der Waals surface area contributed by atoms with Crippen molar-refractivity contribution < 1.29 is 4.74 Å². The molecule has 2 atom stereocenters. The summed E-state index contributed by atoms with van der Waals surface area (Å²) < 4.78 is 6.72. The number of ether oxygens (including phenoxy) is 1. The van der Waals surface area contributed by atoms with Crippen molar-refractivity contribution in [2.45, 2.75) is 117 Å². The van der Waals surface area contributed by atoms with Gasteiger partial charge in [-0.05, 0) is 97.9 Å². The molecule has 0 radical (unpaired) electrons. The molecule has 0 saturated carbocycles. The van der Waals surface area contributed by atoms with E-state index < -0.39 is 0 Å². The van der Waals surface area contributed by atoms with Gasteiger partial charge in [-0.25, -0.2) is 0 Å². The quantitative estimate of drug-likeness (QED) is 0.120. The van der Waals surface area contributed by atoms with Crippen molar-refractivity contribution in [1.82, 2.24) is 0 Å². The third-order valence-corrected chi connectivity index (χ3v) is 13.4. The molecule has 1 aliphatic heterocycles. The molecule has 8 rings (SSSR count). The van der Waals surface area contributed by atoms with E-state index in [0.29, 0.717) is 18.4 Å². The van der Waals surface area contributed by atoms with E-state index in [1.807, 2.05) is 0 Å². The lowest BCUT2D eigenvalue weighted by Crippen LogP contribution is -2.31. The lowest BCUT2D eigenvalue weighted by Gasteiger charge is -2.39. The van der Waals surface area contributed by atoms with Crippen LogP contribution in [0.1, 0.15) is 139 Å². The summed E-state index contributed by atoms with van der Waals surface area (Å²) in [5.41, 5.74) is 15.5. The highest BCUT2D eigenvalue weighted by molar-refractivity contribution is 6.10. The minimum Gasteiger partial charge on any atom is -0.488 e. The zero-order valence-electron chi connectivity index (χ0n) is 32.6. The predicted molar refractivity (Wildman–Crippen MR) is 223 cm³/mol. The summed E-state index contributed by atoms with van der Waals surface area (Å²) in [6.07, 6.45) is 15.2. The molecule has 1 heteroatoms. The van der Waals surface area contributed by atoms with Crippen molar-refractivity contribution in [3.05, 3.63) is 130 Å². The summed E-state index contributed by atoms with van der Waals surface area (Å²) in [6.45, 7) is 15.0. The molecule has 5 aromatic carbocycles. The Balaban J connectivity index is 1.35. The number of hydrogen-bond donors (Lipinski definition) is 0. The second kappa shape index (κ2) is 14.0. The fraction of sp³-hybridized carbons (Fsp3) is 0.412. The van der Waals surface area contributed by atoms with Gasteiger partial charge in [0.15, 0.2) is 0 Å². The van der Waals surface area contributed by atoms with E-state index in [9.17, 15) is 0 Å². The molecule has 3 aliphatic rings. The normalized spacial score (nSPS) is 18.8. The monoisotopic (exact) mass is 686 g/mol. The molecular formula is C51H58O. The van der Waals surface area contributed by atoms with Gasteiger partial charge >= 0.3 is 0 Å². The van der Waals surface area contributed by atoms with Gasteiger partial charge in [0.25, 0.3) is 0 Å². The number of benzene rings is 5. The third-order valence-electron chi connectivity index (χ3n) is 13.4. The molecule has 1 nitrogen and oxygen atoms in total. The second-order valence-corrected chi connectivity index (χ2v) is 16.7. The first-order valence-electron chi connectivity index (χ1n) is 20.6. The fourth-order valence-corrected chi connectivity index (χ4v) is 10.7. The van der Waals surface area contributed by atoms with Crippen LogP contribution in [-0.2, 0) is 10.8 Å². The van der Waals surface area contributed by atoms with Crippen LogP contribution in [0.15, 0.2) is 97.1 Å². The minimum absolute atomic E-state index is 0.0141. The van der Waals surface area contributed by atoms with Gasteiger partial charge in [0, 0.05) is 21.8 Å². The first-order chi connectivity index (χ1) is 25.4. The lowest BCUT2D eigenvalue weighted by atomic mass is 9.65. The van der Waals surface area contributed by atoms with Crippen LogP contribution >= 0.6 is 0 Å². The summed E-state index contributed by atoms with van der Waals surface area (Å²) in [5, 5.41) is 2.52. The molecule has 0 amide bonds.